The average Bonchev–Trinajstić information content (AvgIpc) is 2.37. The SMILES string of the molecule is COc1ccc(C)cc1NS(=O)(=O)c1ccc(C)cc1N. The molecule has 0 spiro atoms. The lowest BCUT2D eigenvalue weighted by Gasteiger charge is -2.14. The Labute approximate surface area is 124 Å². The molecule has 21 heavy (non-hydrogen) atoms. The van der Waals surface area contributed by atoms with Crippen LogP contribution in [0, 0.1) is 13.8 Å². The van der Waals surface area contributed by atoms with Crippen LogP contribution in [0.5, 0.6) is 5.75 Å². The largest absolute Gasteiger partial charge is 0.495 e. The molecule has 0 bridgehead atoms. The lowest BCUT2D eigenvalue weighted by atomic mass is 10.2. The number of ether oxygens (including phenoxy) is 1. The first-order chi connectivity index (χ1) is 9.83. The number of nitrogen functional groups attached to an aromatic ring is 1. The zero-order chi connectivity index (χ0) is 15.6. The Morgan fingerprint density at radius 3 is 2.29 bits per heavy atom. The fourth-order valence-corrected chi connectivity index (χ4v) is 3.19. The fourth-order valence-electron chi connectivity index (χ4n) is 2.01. The van der Waals surface area contributed by atoms with Crippen LogP contribution in [0.2, 0.25) is 0 Å². The van der Waals surface area contributed by atoms with Gasteiger partial charge in [-0.05, 0) is 49.2 Å². The standard InChI is InChI=1S/C15H18N2O3S/c1-10-5-7-15(12(16)8-10)21(18,19)17-13-9-11(2)4-6-14(13)20-3/h4-9,17H,16H2,1-3H3. The van der Waals surface area contributed by atoms with Crippen molar-refractivity contribution >= 4 is 21.4 Å². The number of aryl methyl sites for hydroxylation is 2. The molecule has 3 N–H and O–H groups in total. The normalized spacial score (nSPS) is 11.2. The first-order valence-corrected chi connectivity index (χ1v) is 7.85. The summed E-state index contributed by atoms with van der Waals surface area (Å²) < 4.78 is 32.6. The molecular weight excluding hydrogens is 288 g/mol. The molecule has 0 saturated heterocycles. The fraction of sp³-hybridized carbons (Fsp3) is 0.200. The maximum absolute atomic E-state index is 12.5. The third-order valence-electron chi connectivity index (χ3n) is 3.05. The van der Waals surface area contributed by atoms with Gasteiger partial charge < -0.3 is 10.5 Å². The molecule has 5 nitrogen and oxygen atoms in total. The van der Waals surface area contributed by atoms with Gasteiger partial charge in [0.1, 0.15) is 10.6 Å². The van der Waals surface area contributed by atoms with Crippen molar-refractivity contribution in [3.8, 4) is 5.75 Å². The molecule has 0 atom stereocenters. The highest BCUT2D eigenvalue weighted by Crippen LogP contribution is 2.29. The van der Waals surface area contributed by atoms with Gasteiger partial charge in [0, 0.05) is 0 Å². The molecule has 0 radical (unpaired) electrons. The quantitative estimate of drug-likeness (QED) is 0.851. The number of hydrogen-bond acceptors (Lipinski definition) is 4. The topological polar surface area (TPSA) is 81.4 Å². The van der Waals surface area contributed by atoms with Crippen LogP contribution in [0.4, 0.5) is 11.4 Å². The van der Waals surface area contributed by atoms with Crippen molar-refractivity contribution in [2.45, 2.75) is 18.7 Å². The van der Waals surface area contributed by atoms with Gasteiger partial charge >= 0.3 is 0 Å². The molecule has 0 aromatic heterocycles. The predicted molar refractivity (Wildman–Crippen MR) is 84.1 cm³/mol. The number of hydrogen-bond donors (Lipinski definition) is 2. The second-order valence-electron chi connectivity index (χ2n) is 4.85. The number of nitrogens with one attached hydrogen (secondary N) is 1. The minimum absolute atomic E-state index is 0.0525. The number of nitrogens with two attached hydrogens (primary N) is 1. The molecule has 0 amide bonds. The van der Waals surface area contributed by atoms with E-state index in [-0.39, 0.29) is 10.6 Å². The van der Waals surface area contributed by atoms with E-state index in [0.29, 0.717) is 11.4 Å². The van der Waals surface area contributed by atoms with E-state index in [4.69, 9.17) is 10.5 Å². The van der Waals surface area contributed by atoms with Crippen LogP contribution in [-0.4, -0.2) is 15.5 Å². The van der Waals surface area contributed by atoms with E-state index in [1.54, 1.807) is 24.3 Å². The van der Waals surface area contributed by atoms with E-state index in [1.165, 1.54) is 13.2 Å². The van der Waals surface area contributed by atoms with Crippen LogP contribution in [0.25, 0.3) is 0 Å². The number of sulfonamides is 1. The van der Waals surface area contributed by atoms with Gasteiger partial charge in [-0.25, -0.2) is 8.42 Å². The Kier molecular flexibility index (Phi) is 4.09. The molecule has 0 saturated carbocycles. The van der Waals surface area contributed by atoms with Crippen molar-refractivity contribution in [1.82, 2.24) is 0 Å². The van der Waals surface area contributed by atoms with Crippen molar-refractivity contribution in [1.29, 1.82) is 0 Å². The third-order valence-corrected chi connectivity index (χ3v) is 4.49. The zero-order valence-electron chi connectivity index (χ0n) is 12.2. The summed E-state index contributed by atoms with van der Waals surface area (Å²) in [6.45, 7) is 3.72. The summed E-state index contributed by atoms with van der Waals surface area (Å²) >= 11 is 0. The zero-order valence-corrected chi connectivity index (χ0v) is 13.0. The Morgan fingerprint density at radius 1 is 1.05 bits per heavy atom. The lowest BCUT2D eigenvalue weighted by Crippen LogP contribution is -2.15. The first-order valence-electron chi connectivity index (χ1n) is 6.37. The Hall–Kier alpha value is -2.21. The van der Waals surface area contributed by atoms with Crippen LogP contribution >= 0.6 is 0 Å². The monoisotopic (exact) mass is 306 g/mol. The molecule has 0 unspecified atom stereocenters. The van der Waals surface area contributed by atoms with Gasteiger partial charge in [-0.1, -0.05) is 12.1 Å². The number of benzene rings is 2. The summed E-state index contributed by atoms with van der Waals surface area (Å²) in [6, 6.07) is 10.1. The van der Waals surface area contributed by atoms with E-state index in [1.807, 2.05) is 19.9 Å². The number of anilines is 2. The smallest absolute Gasteiger partial charge is 0.264 e. The van der Waals surface area contributed by atoms with Gasteiger partial charge in [-0.15, -0.1) is 0 Å². The molecule has 2 aromatic rings. The van der Waals surface area contributed by atoms with Crippen molar-refractivity contribution in [2.24, 2.45) is 0 Å². The summed E-state index contributed by atoms with van der Waals surface area (Å²) in [5.74, 6) is 0.454. The van der Waals surface area contributed by atoms with Gasteiger partial charge in [-0.3, -0.25) is 4.72 Å². The number of methoxy groups -OCH3 is 1. The van der Waals surface area contributed by atoms with E-state index in [9.17, 15) is 8.42 Å². The second-order valence-corrected chi connectivity index (χ2v) is 6.50. The molecule has 0 aliphatic carbocycles. The lowest BCUT2D eigenvalue weighted by molar-refractivity contribution is 0.417. The van der Waals surface area contributed by atoms with Crippen molar-refractivity contribution < 1.29 is 13.2 Å². The van der Waals surface area contributed by atoms with Gasteiger partial charge in [0.15, 0.2) is 0 Å². The minimum Gasteiger partial charge on any atom is -0.495 e. The molecule has 2 aromatic carbocycles. The third kappa shape index (κ3) is 3.28. The highest BCUT2D eigenvalue weighted by molar-refractivity contribution is 7.92. The average molecular weight is 306 g/mol. The Balaban J connectivity index is 2.44. The number of rotatable bonds is 4. The highest BCUT2D eigenvalue weighted by Gasteiger charge is 2.19. The van der Waals surface area contributed by atoms with Crippen LogP contribution in [0.1, 0.15) is 11.1 Å². The maximum Gasteiger partial charge on any atom is 0.264 e. The summed E-state index contributed by atoms with van der Waals surface area (Å²) in [5.41, 5.74) is 8.24. The van der Waals surface area contributed by atoms with Crippen LogP contribution < -0.4 is 15.2 Å². The summed E-state index contributed by atoms with van der Waals surface area (Å²) in [4.78, 5) is 0.0525. The van der Waals surface area contributed by atoms with Crippen molar-refractivity contribution in [2.75, 3.05) is 17.6 Å². The first kappa shape index (κ1) is 15.2. The van der Waals surface area contributed by atoms with E-state index in [2.05, 4.69) is 4.72 Å². The molecule has 6 heteroatoms. The van der Waals surface area contributed by atoms with E-state index < -0.39 is 10.0 Å². The molecule has 112 valence electrons. The van der Waals surface area contributed by atoms with Gasteiger partial charge in [0.25, 0.3) is 10.0 Å². The van der Waals surface area contributed by atoms with Crippen molar-refractivity contribution in [3.05, 3.63) is 47.5 Å². The highest BCUT2D eigenvalue weighted by atomic mass is 32.2. The molecule has 0 fully saturated rings. The summed E-state index contributed by atoms with van der Waals surface area (Å²) in [6.07, 6.45) is 0. The van der Waals surface area contributed by atoms with Gasteiger partial charge in [-0.2, -0.15) is 0 Å². The predicted octanol–water partition coefficient (Wildman–Crippen LogP) is 2.70. The van der Waals surface area contributed by atoms with Crippen LogP contribution in [0.3, 0.4) is 0 Å². The molecule has 0 aliphatic rings. The minimum atomic E-state index is -3.77. The van der Waals surface area contributed by atoms with Crippen molar-refractivity contribution in [3.63, 3.8) is 0 Å². The molecule has 0 aliphatic heterocycles. The summed E-state index contributed by atoms with van der Waals surface area (Å²) in [7, 11) is -2.28. The van der Waals surface area contributed by atoms with E-state index >= 15 is 0 Å². The molecule has 0 heterocycles. The van der Waals surface area contributed by atoms with E-state index in [0.717, 1.165) is 11.1 Å². The second kappa shape index (κ2) is 5.65. The summed E-state index contributed by atoms with van der Waals surface area (Å²) in [5, 5.41) is 0. The van der Waals surface area contributed by atoms with Gasteiger partial charge in [0.2, 0.25) is 0 Å². The van der Waals surface area contributed by atoms with Crippen LogP contribution in [-0.2, 0) is 10.0 Å². The molecule has 2 rings (SSSR count). The van der Waals surface area contributed by atoms with Gasteiger partial charge in [0.05, 0.1) is 18.5 Å². The molecular formula is C15H18N2O3S. The Bertz CT molecular complexity index is 770. The Morgan fingerprint density at radius 2 is 1.67 bits per heavy atom. The van der Waals surface area contributed by atoms with Crippen LogP contribution in [0.15, 0.2) is 41.3 Å². The maximum atomic E-state index is 12.5.